The highest BCUT2D eigenvalue weighted by Gasteiger charge is 2.30. The maximum absolute atomic E-state index is 12.6. The number of thiophene rings is 1. The van der Waals surface area contributed by atoms with Crippen LogP contribution in [0.2, 0.25) is 4.34 Å². The molecule has 7 nitrogen and oxygen atoms in total. The number of nitrogens with zero attached hydrogens (tertiary/aromatic N) is 2. The van der Waals surface area contributed by atoms with Gasteiger partial charge in [0.05, 0.1) is 4.34 Å². The lowest BCUT2D eigenvalue weighted by Gasteiger charge is -2.33. The molecule has 0 radical (unpaired) electrons. The van der Waals surface area contributed by atoms with E-state index in [1.807, 2.05) is 12.1 Å². The molecule has 2 aromatic rings. The summed E-state index contributed by atoms with van der Waals surface area (Å²) in [6.45, 7) is 1.38. The molecular formula is C18H17ClN2O5S2. The van der Waals surface area contributed by atoms with Crippen molar-refractivity contribution >= 4 is 44.9 Å². The van der Waals surface area contributed by atoms with Gasteiger partial charge in [-0.1, -0.05) is 17.7 Å². The third-order valence-electron chi connectivity index (χ3n) is 4.51. The maximum atomic E-state index is 12.6. The van der Waals surface area contributed by atoms with Crippen molar-refractivity contribution in [3.05, 3.63) is 46.3 Å². The number of rotatable bonds is 4. The van der Waals surface area contributed by atoms with Crippen molar-refractivity contribution in [3.8, 4) is 11.5 Å². The Labute approximate surface area is 171 Å². The highest BCUT2D eigenvalue weighted by atomic mass is 35.5. The average Bonchev–Trinajstić information content (AvgIpc) is 3.34. The van der Waals surface area contributed by atoms with Crippen LogP contribution in [0.5, 0.6) is 11.5 Å². The van der Waals surface area contributed by atoms with E-state index in [2.05, 4.69) is 0 Å². The average molecular weight is 441 g/mol. The monoisotopic (exact) mass is 440 g/mol. The lowest BCUT2D eigenvalue weighted by atomic mass is 10.2. The topological polar surface area (TPSA) is 76.2 Å². The fourth-order valence-electron chi connectivity index (χ4n) is 3.00. The van der Waals surface area contributed by atoms with Gasteiger partial charge in [0.1, 0.15) is 4.21 Å². The number of halogens is 1. The Bertz CT molecular complexity index is 1030. The fourth-order valence-corrected chi connectivity index (χ4v) is 6.06. The summed E-state index contributed by atoms with van der Waals surface area (Å²) in [7, 11) is -3.57. The van der Waals surface area contributed by atoms with Gasteiger partial charge in [-0.25, -0.2) is 8.42 Å². The molecule has 148 valence electrons. The number of hydrogen-bond acceptors (Lipinski definition) is 6. The Morgan fingerprint density at radius 1 is 1.07 bits per heavy atom. The summed E-state index contributed by atoms with van der Waals surface area (Å²) in [6, 6.07) is 8.53. The number of amides is 1. The van der Waals surface area contributed by atoms with Gasteiger partial charge < -0.3 is 14.4 Å². The van der Waals surface area contributed by atoms with Crippen molar-refractivity contribution < 1.29 is 22.7 Å². The summed E-state index contributed by atoms with van der Waals surface area (Å²) in [6.07, 6.45) is 3.20. The molecule has 10 heteroatoms. The van der Waals surface area contributed by atoms with Gasteiger partial charge in [0, 0.05) is 32.3 Å². The van der Waals surface area contributed by atoms with Crippen LogP contribution in [-0.2, 0) is 14.8 Å². The zero-order valence-corrected chi connectivity index (χ0v) is 17.1. The lowest BCUT2D eigenvalue weighted by molar-refractivity contribution is -0.127. The summed E-state index contributed by atoms with van der Waals surface area (Å²) in [5.41, 5.74) is 0.827. The largest absolute Gasteiger partial charge is 0.454 e. The van der Waals surface area contributed by atoms with Crippen LogP contribution in [0.3, 0.4) is 0 Å². The highest BCUT2D eigenvalue weighted by molar-refractivity contribution is 7.91. The molecule has 4 rings (SSSR count). The van der Waals surface area contributed by atoms with E-state index in [1.165, 1.54) is 16.4 Å². The van der Waals surface area contributed by atoms with E-state index in [0.29, 0.717) is 28.9 Å². The van der Waals surface area contributed by atoms with Crippen LogP contribution >= 0.6 is 22.9 Å². The van der Waals surface area contributed by atoms with Gasteiger partial charge in [-0.2, -0.15) is 4.31 Å². The highest BCUT2D eigenvalue weighted by Crippen LogP contribution is 2.33. The van der Waals surface area contributed by atoms with Crippen molar-refractivity contribution in [2.75, 3.05) is 33.0 Å². The van der Waals surface area contributed by atoms with Crippen molar-refractivity contribution in [1.82, 2.24) is 9.21 Å². The van der Waals surface area contributed by atoms with E-state index in [9.17, 15) is 13.2 Å². The third kappa shape index (κ3) is 3.88. The molecule has 3 heterocycles. The van der Waals surface area contributed by atoms with Gasteiger partial charge in [0.15, 0.2) is 11.5 Å². The Kier molecular flexibility index (Phi) is 5.33. The molecule has 1 fully saturated rings. The van der Waals surface area contributed by atoms with E-state index in [-0.39, 0.29) is 30.0 Å². The van der Waals surface area contributed by atoms with Crippen molar-refractivity contribution in [3.63, 3.8) is 0 Å². The number of fused-ring (bicyclic) bond motifs is 1. The number of sulfonamides is 1. The molecule has 0 aliphatic carbocycles. The zero-order chi connectivity index (χ0) is 19.7. The predicted octanol–water partition coefficient (Wildman–Crippen LogP) is 2.68. The number of benzene rings is 1. The number of hydrogen-bond donors (Lipinski definition) is 0. The first-order valence-electron chi connectivity index (χ1n) is 8.55. The van der Waals surface area contributed by atoms with Gasteiger partial charge in [-0.3, -0.25) is 4.79 Å². The van der Waals surface area contributed by atoms with Crippen molar-refractivity contribution in [2.45, 2.75) is 4.21 Å². The van der Waals surface area contributed by atoms with Crippen LogP contribution in [0, 0.1) is 0 Å². The molecular weight excluding hydrogens is 424 g/mol. The molecule has 1 amide bonds. The minimum Gasteiger partial charge on any atom is -0.454 e. The van der Waals surface area contributed by atoms with Crippen LogP contribution in [-0.4, -0.2) is 56.5 Å². The molecule has 2 aliphatic rings. The van der Waals surface area contributed by atoms with Crippen molar-refractivity contribution in [1.29, 1.82) is 0 Å². The summed E-state index contributed by atoms with van der Waals surface area (Å²) in [5.74, 6) is 1.18. The minimum absolute atomic E-state index is 0.158. The minimum atomic E-state index is -3.57. The van der Waals surface area contributed by atoms with Gasteiger partial charge in [-0.15, -0.1) is 11.3 Å². The quantitative estimate of drug-likeness (QED) is 0.683. The van der Waals surface area contributed by atoms with E-state index < -0.39 is 10.0 Å². The smallest absolute Gasteiger partial charge is 0.252 e. The molecule has 0 bridgehead atoms. The molecule has 28 heavy (non-hydrogen) atoms. The Morgan fingerprint density at radius 2 is 1.82 bits per heavy atom. The number of piperazine rings is 1. The van der Waals surface area contributed by atoms with Crippen LogP contribution in [0.15, 0.2) is 40.6 Å². The molecule has 0 unspecified atom stereocenters. The zero-order valence-electron chi connectivity index (χ0n) is 14.7. The van der Waals surface area contributed by atoms with Crippen molar-refractivity contribution in [2.24, 2.45) is 0 Å². The second kappa shape index (κ2) is 7.75. The predicted molar refractivity (Wildman–Crippen MR) is 106 cm³/mol. The van der Waals surface area contributed by atoms with Gasteiger partial charge in [0.25, 0.3) is 10.0 Å². The van der Waals surface area contributed by atoms with Crippen LogP contribution in [0.4, 0.5) is 0 Å². The maximum Gasteiger partial charge on any atom is 0.252 e. The molecule has 0 spiro atoms. The molecule has 1 saturated heterocycles. The fraction of sp³-hybridized carbons (Fsp3) is 0.278. The third-order valence-corrected chi connectivity index (χ3v) is 8.11. The second-order valence-electron chi connectivity index (χ2n) is 6.23. The second-order valence-corrected chi connectivity index (χ2v) is 10.1. The summed E-state index contributed by atoms with van der Waals surface area (Å²) >= 11 is 6.88. The molecule has 0 atom stereocenters. The van der Waals surface area contributed by atoms with E-state index >= 15 is 0 Å². The van der Waals surface area contributed by atoms with Gasteiger partial charge in [-0.05, 0) is 35.9 Å². The SMILES string of the molecule is O=C(/C=C/c1ccc2c(c1)OCO2)N1CCN(S(=O)(=O)c2ccc(Cl)s2)CC1. The summed E-state index contributed by atoms with van der Waals surface area (Å²) < 4.78 is 37.9. The van der Waals surface area contributed by atoms with Crippen LogP contribution in [0.25, 0.3) is 6.08 Å². The molecule has 0 saturated carbocycles. The van der Waals surface area contributed by atoms with E-state index in [1.54, 1.807) is 23.1 Å². The normalized spacial score (nSPS) is 17.4. The van der Waals surface area contributed by atoms with Crippen LogP contribution < -0.4 is 9.47 Å². The Balaban J connectivity index is 1.36. The van der Waals surface area contributed by atoms with Crippen LogP contribution in [0.1, 0.15) is 5.56 Å². The number of ether oxygens (including phenoxy) is 2. The first-order valence-corrected chi connectivity index (χ1v) is 11.2. The summed E-state index contributed by atoms with van der Waals surface area (Å²) in [4.78, 5) is 14.1. The Morgan fingerprint density at radius 3 is 2.54 bits per heavy atom. The number of carbonyl (C=O) groups is 1. The summed E-state index contributed by atoms with van der Waals surface area (Å²) in [5, 5.41) is 0. The van der Waals surface area contributed by atoms with E-state index in [0.717, 1.165) is 16.9 Å². The number of carbonyl (C=O) groups excluding carboxylic acids is 1. The van der Waals surface area contributed by atoms with Gasteiger partial charge in [0.2, 0.25) is 12.7 Å². The molecule has 1 aromatic carbocycles. The Hall–Kier alpha value is -2.07. The molecule has 2 aliphatic heterocycles. The lowest BCUT2D eigenvalue weighted by Crippen LogP contribution is -2.50. The molecule has 0 N–H and O–H groups in total. The van der Waals surface area contributed by atoms with E-state index in [4.69, 9.17) is 21.1 Å². The standard InChI is InChI=1S/C18H17ClN2O5S2/c19-16-4-6-18(27-16)28(23,24)21-9-7-20(8-10-21)17(22)5-2-13-1-3-14-15(11-13)26-12-25-14/h1-6,11H,7-10,12H2/b5-2+. The molecule has 1 aromatic heterocycles. The first kappa shape index (κ1) is 19.3. The first-order chi connectivity index (χ1) is 13.4. The van der Waals surface area contributed by atoms with Gasteiger partial charge >= 0.3 is 0 Å².